The Morgan fingerprint density at radius 1 is 1.27 bits per heavy atom. The van der Waals surface area contributed by atoms with Crippen LogP contribution in [-0.2, 0) is 14.3 Å². The molecule has 1 aromatic rings. The summed E-state index contributed by atoms with van der Waals surface area (Å²) in [7, 11) is 0. The van der Waals surface area contributed by atoms with Gasteiger partial charge in [-0.1, -0.05) is 37.3 Å². The number of benzene rings is 1. The number of Topliss-reactive ketones (excluding diaryl/α,β-unsaturated/α-hetero) is 1. The van der Waals surface area contributed by atoms with Crippen LogP contribution < -0.4 is 0 Å². The van der Waals surface area contributed by atoms with Crippen LogP contribution in [0.5, 0.6) is 0 Å². The van der Waals surface area contributed by atoms with Crippen molar-refractivity contribution in [1.29, 1.82) is 0 Å². The van der Waals surface area contributed by atoms with Gasteiger partial charge in [0.05, 0.1) is 12.6 Å². The molecule has 0 aliphatic carbocycles. The zero-order valence-electron chi connectivity index (χ0n) is 13.5. The van der Waals surface area contributed by atoms with Crippen LogP contribution in [0.1, 0.15) is 45.7 Å². The smallest absolute Gasteiger partial charge is 0.413 e. The second-order valence-corrected chi connectivity index (χ2v) is 6.32. The molecule has 120 valence electrons. The highest BCUT2D eigenvalue weighted by Crippen LogP contribution is 2.32. The molecule has 1 heterocycles. The Hall–Kier alpha value is -1.88. The minimum Gasteiger partial charge on any atom is -0.444 e. The van der Waals surface area contributed by atoms with Gasteiger partial charge in [-0.25, -0.2) is 4.79 Å². The van der Waals surface area contributed by atoms with Crippen molar-refractivity contribution in [2.75, 3.05) is 6.61 Å². The SMILES string of the molecule is CCC(=O)[C@@H]1OC[C@H](c2ccccc2)N1C(=O)OC(C)(C)C. The van der Waals surface area contributed by atoms with Gasteiger partial charge in [-0.15, -0.1) is 0 Å². The summed E-state index contributed by atoms with van der Waals surface area (Å²) >= 11 is 0. The van der Waals surface area contributed by atoms with Crippen molar-refractivity contribution in [3.8, 4) is 0 Å². The highest BCUT2D eigenvalue weighted by atomic mass is 16.6. The Kier molecular flexibility index (Phi) is 4.86. The lowest BCUT2D eigenvalue weighted by Gasteiger charge is -2.30. The molecular weight excluding hydrogens is 282 g/mol. The van der Waals surface area contributed by atoms with Gasteiger partial charge in [0.1, 0.15) is 5.60 Å². The number of hydrogen-bond donors (Lipinski definition) is 0. The third kappa shape index (κ3) is 3.65. The minimum absolute atomic E-state index is 0.121. The van der Waals surface area contributed by atoms with Gasteiger partial charge >= 0.3 is 6.09 Å². The standard InChI is InChI=1S/C17H23NO4/c1-5-14(19)15-18(16(20)22-17(2,3)4)13(11-21-15)12-9-7-6-8-10-12/h6-10,13,15H,5,11H2,1-4H3/t13-,15+/m1/s1. The number of carbonyl (C=O) groups is 2. The van der Waals surface area contributed by atoms with E-state index in [1.165, 1.54) is 4.90 Å². The summed E-state index contributed by atoms with van der Waals surface area (Å²) in [6, 6.07) is 9.24. The van der Waals surface area contributed by atoms with E-state index in [9.17, 15) is 9.59 Å². The van der Waals surface area contributed by atoms with Crippen LogP contribution in [0.15, 0.2) is 30.3 Å². The fraction of sp³-hybridized carbons (Fsp3) is 0.529. The van der Waals surface area contributed by atoms with Crippen LogP contribution in [0.4, 0.5) is 4.79 Å². The Balaban J connectivity index is 2.30. The monoisotopic (exact) mass is 305 g/mol. The zero-order valence-corrected chi connectivity index (χ0v) is 13.5. The first-order valence-corrected chi connectivity index (χ1v) is 7.54. The Labute approximate surface area is 131 Å². The van der Waals surface area contributed by atoms with Gasteiger partial charge in [-0.3, -0.25) is 9.69 Å². The van der Waals surface area contributed by atoms with Gasteiger partial charge in [0.2, 0.25) is 0 Å². The zero-order chi connectivity index (χ0) is 16.3. The lowest BCUT2D eigenvalue weighted by Crippen LogP contribution is -2.44. The minimum atomic E-state index is -0.870. The van der Waals surface area contributed by atoms with Crippen LogP contribution in [-0.4, -0.2) is 35.2 Å². The highest BCUT2D eigenvalue weighted by molar-refractivity contribution is 5.86. The van der Waals surface area contributed by atoms with Gasteiger partial charge in [0.25, 0.3) is 0 Å². The second kappa shape index (κ2) is 6.48. The van der Waals surface area contributed by atoms with Crippen molar-refractivity contribution >= 4 is 11.9 Å². The van der Waals surface area contributed by atoms with E-state index in [-0.39, 0.29) is 11.8 Å². The fourth-order valence-corrected chi connectivity index (χ4v) is 2.40. The Bertz CT molecular complexity index is 535. The third-order valence-electron chi connectivity index (χ3n) is 3.41. The van der Waals surface area contributed by atoms with E-state index >= 15 is 0 Å². The quantitative estimate of drug-likeness (QED) is 0.860. The summed E-state index contributed by atoms with van der Waals surface area (Å²) in [6.07, 6.45) is -1.08. The molecule has 0 aromatic heterocycles. The van der Waals surface area contributed by atoms with Crippen molar-refractivity contribution in [2.45, 2.75) is 52.0 Å². The lowest BCUT2D eigenvalue weighted by molar-refractivity contribution is -0.134. The number of carbonyl (C=O) groups excluding carboxylic acids is 2. The van der Waals surface area contributed by atoms with Crippen LogP contribution in [0.2, 0.25) is 0 Å². The van der Waals surface area contributed by atoms with Gasteiger partial charge in [-0.2, -0.15) is 0 Å². The van der Waals surface area contributed by atoms with Crippen molar-refractivity contribution in [1.82, 2.24) is 4.90 Å². The van der Waals surface area contributed by atoms with Crippen LogP contribution in [0.25, 0.3) is 0 Å². The maximum Gasteiger partial charge on any atom is 0.413 e. The maximum absolute atomic E-state index is 12.5. The molecule has 0 spiro atoms. The van der Waals surface area contributed by atoms with Crippen molar-refractivity contribution in [3.05, 3.63) is 35.9 Å². The van der Waals surface area contributed by atoms with Crippen LogP contribution in [0, 0.1) is 0 Å². The first kappa shape index (κ1) is 16.5. The maximum atomic E-state index is 12.5. The van der Waals surface area contributed by atoms with E-state index in [2.05, 4.69) is 0 Å². The van der Waals surface area contributed by atoms with Gasteiger partial charge in [0, 0.05) is 6.42 Å². The first-order chi connectivity index (χ1) is 10.3. The average molecular weight is 305 g/mol. The summed E-state index contributed by atoms with van der Waals surface area (Å²) < 4.78 is 11.0. The van der Waals surface area contributed by atoms with Crippen molar-refractivity contribution in [2.24, 2.45) is 0 Å². The number of rotatable bonds is 3. The van der Waals surface area contributed by atoms with E-state index in [1.807, 2.05) is 30.3 Å². The summed E-state index contributed by atoms with van der Waals surface area (Å²) in [5.74, 6) is -0.121. The predicted octanol–water partition coefficient (Wildman–Crippen LogP) is 3.30. The number of hydrogen-bond acceptors (Lipinski definition) is 4. The number of nitrogens with zero attached hydrogens (tertiary/aromatic N) is 1. The molecule has 0 radical (unpaired) electrons. The van der Waals surface area contributed by atoms with E-state index in [4.69, 9.17) is 9.47 Å². The molecule has 1 aromatic carbocycles. The number of ether oxygens (including phenoxy) is 2. The first-order valence-electron chi connectivity index (χ1n) is 7.54. The summed E-state index contributed by atoms with van der Waals surface area (Å²) in [5, 5.41) is 0. The van der Waals surface area contributed by atoms with Gasteiger partial charge in [-0.05, 0) is 26.3 Å². The summed E-state index contributed by atoms with van der Waals surface area (Å²) in [4.78, 5) is 26.1. The topological polar surface area (TPSA) is 55.8 Å². The van der Waals surface area contributed by atoms with E-state index in [0.717, 1.165) is 5.56 Å². The largest absolute Gasteiger partial charge is 0.444 e. The molecule has 1 aliphatic heterocycles. The molecule has 1 aliphatic rings. The summed E-state index contributed by atoms with van der Waals surface area (Å²) in [5.41, 5.74) is 0.306. The molecule has 1 amide bonds. The Morgan fingerprint density at radius 3 is 2.45 bits per heavy atom. The van der Waals surface area contributed by atoms with Crippen molar-refractivity contribution < 1.29 is 19.1 Å². The van der Waals surface area contributed by atoms with Crippen LogP contribution in [0.3, 0.4) is 0 Å². The van der Waals surface area contributed by atoms with E-state index in [1.54, 1.807) is 27.7 Å². The van der Waals surface area contributed by atoms with Crippen LogP contribution >= 0.6 is 0 Å². The van der Waals surface area contributed by atoms with Gasteiger partial charge < -0.3 is 9.47 Å². The molecule has 2 rings (SSSR count). The molecule has 22 heavy (non-hydrogen) atoms. The molecule has 5 nitrogen and oxygen atoms in total. The molecule has 0 bridgehead atoms. The molecular formula is C17H23NO4. The lowest BCUT2D eigenvalue weighted by atomic mass is 10.1. The molecule has 1 fully saturated rings. The predicted molar refractivity (Wildman–Crippen MR) is 82.3 cm³/mol. The Morgan fingerprint density at radius 2 is 1.91 bits per heavy atom. The van der Waals surface area contributed by atoms with Crippen molar-refractivity contribution in [3.63, 3.8) is 0 Å². The molecule has 2 atom stereocenters. The molecule has 5 heteroatoms. The number of ketones is 1. The normalized spacial score (nSPS) is 21.7. The highest BCUT2D eigenvalue weighted by Gasteiger charge is 2.43. The molecule has 0 saturated carbocycles. The molecule has 0 unspecified atom stereocenters. The van der Waals surface area contributed by atoms with Gasteiger partial charge in [0.15, 0.2) is 12.0 Å². The third-order valence-corrected chi connectivity index (χ3v) is 3.41. The van der Waals surface area contributed by atoms with E-state index in [0.29, 0.717) is 13.0 Å². The average Bonchev–Trinajstić information content (AvgIpc) is 2.90. The molecule has 0 N–H and O–H groups in total. The molecule has 1 saturated heterocycles. The van der Waals surface area contributed by atoms with E-state index < -0.39 is 17.9 Å². The summed E-state index contributed by atoms with van der Waals surface area (Å²) in [6.45, 7) is 7.45. The number of amides is 1. The second-order valence-electron chi connectivity index (χ2n) is 6.32. The fourth-order valence-electron chi connectivity index (χ4n) is 2.40.